The number of ether oxygens (including phenoxy) is 1. The molecule has 1 aromatic heterocycles. The molecule has 2 rings (SSSR count). The third-order valence-electron chi connectivity index (χ3n) is 2.77. The van der Waals surface area contributed by atoms with Crippen LogP contribution in [0.25, 0.3) is 17.2 Å². The van der Waals surface area contributed by atoms with Crippen molar-refractivity contribution in [2.45, 2.75) is 12.8 Å². The van der Waals surface area contributed by atoms with Gasteiger partial charge >= 0.3 is 5.97 Å². The zero-order valence-electron chi connectivity index (χ0n) is 11.7. The second-order valence-electron chi connectivity index (χ2n) is 4.32. The predicted molar refractivity (Wildman–Crippen MR) is 77.3 cm³/mol. The third kappa shape index (κ3) is 4.45. The molecule has 110 valence electrons. The number of nitrogens with one attached hydrogen (secondary N) is 1. The minimum atomic E-state index is -0.286. The van der Waals surface area contributed by atoms with Gasteiger partial charge in [-0.25, -0.2) is 4.98 Å². The first-order valence-corrected chi connectivity index (χ1v) is 6.57. The molecular weight excluding hydrogens is 272 g/mol. The van der Waals surface area contributed by atoms with Crippen LogP contribution >= 0.6 is 0 Å². The summed E-state index contributed by atoms with van der Waals surface area (Å²) in [4.78, 5) is 26.7. The zero-order valence-corrected chi connectivity index (χ0v) is 11.7. The van der Waals surface area contributed by atoms with E-state index >= 15 is 0 Å². The number of esters is 1. The molecular formula is C15H16N2O4. The van der Waals surface area contributed by atoms with Crippen molar-refractivity contribution >= 4 is 29.1 Å². The molecule has 0 atom stereocenters. The number of nitrogens with zero attached hydrogens (tertiary/aromatic N) is 1. The minimum absolute atomic E-state index is 0.262. The van der Waals surface area contributed by atoms with Crippen molar-refractivity contribution in [1.82, 2.24) is 10.3 Å². The molecule has 1 heterocycles. The van der Waals surface area contributed by atoms with Crippen LogP contribution in [0.15, 0.2) is 34.8 Å². The van der Waals surface area contributed by atoms with Crippen LogP contribution in [0.2, 0.25) is 0 Å². The summed E-state index contributed by atoms with van der Waals surface area (Å²) in [6.45, 7) is 0.409. The molecule has 0 bridgehead atoms. The molecule has 1 aromatic carbocycles. The normalized spacial score (nSPS) is 10.9. The predicted octanol–water partition coefficient (Wildman–Crippen LogP) is 1.91. The molecule has 0 fully saturated rings. The maximum absolute atomic E-state index is 11.6. The Morgan fingerprint density at radius 3 is 2.95 bits per heavy atom. The van der Waals surface area contributed by atoms with Crippen LogP contribution in [0.5, 0.6) is 0 Å². The summed E-state index contributed by atoms with van der Waals surface area (Å²) < 4.78 is 9.96. The Morgan fingerprint density at radius 1 is 1.38 bits per heavy atom. The van der Waals surface area contributed by atoms with Gasteiger partial charge in [0.15, 0.2) is 5.58 Å². The first kappa shape index (κ1) is 14.8. The van der Waals surface area contributed by atoms with Crippen LogP contribution in [0, 0.1) is 0 Å². The van der Waals surface area contributed by atoms with Crippen molar-refractivity contribution in [3.63, 3.8) is 0 Å². The van der Waals surface area contributed by atoms with Crippen LogP contribution in [0.4, 0.5) is 0 Å². The molecule has 1 N–H and O–H groups in total. The highest BCUT2D eigenvalue weighted by molar-refractivity contribution is 5.91. The van der Waals surface area contributed by atoms with Crippen molar-refractivity contribution in [3.05, 3.63) is 36.2 Å². The second kappa shape index (κ2) is 7.23. The minimum Gasteiger partial charge on any atom is -0.469 e. The maximum Gasteiger partial charge on any atom is 0.305 e. The van der Waals surface area contributed by atoms with E-state index in [1.54, 1.807) is 0 Å². The Hall–Kier alpha value is -2.63. The van der Waals surface area contributed by atoms with Crippen LogP contribution in [-0.4, -0.2) is 30.5 Å². The van der Waals surface area contributed by atoms with Gasteiger partial charge in [0, 0.05) is 25.1 Å². The fourth-order valence-corrected chi connectivity index (χ4v) is 1.71. The standard InChI is InChI=1S/C15H16N2O4/c1-20-15(19)7-4-10-16-13(18)8-9-14-17-11-5-2-3-6-12(11)21-14/h2-3,5-6,8-9H,4,7,10H2,1H3,(H,16,18)/b9-8+. The first-order valence-electron chi connectivity index (χ1n) is 6.57. The summed E-state index contributed by atoms with van der Waals surface area (Å²) >= 11 is 0. The van der Waals surface area contributed by atoms with E-state index in [0.29, 0.717) is 24.4 Å². The molecule has 6 nitrogen and oxygen atoms in total. The van der Waals surface area contributed by atoms with Crippen molar-refractivity contribution < 1.29 is 18.7 Å². The number of aromatic nitrogens is 1. The molecule has 0 aliphatic rings. The van der Waals surface area contributed by atoms with Crippen molar-refractivity contribution in [2.24, 2.45) is 0 Å². The molecule has 0 aliphatic carbocycles. The zero-order chi connectivity index (χ0) is 15.1. The van der Waals surface area contributed by atoms with Gasteiger partial charge in [0.05, 0.1) is 7.11 Å². The average Bonchev–Trinajstić information content (AvgIpc) is 2.92. The third-order valence-corrected chi connectivity index (χ3v) is 2.77. The number of benzene rings is 1. The van der Waals surface area contributed by atoms with Gasteiger partial charge < -0.3 is 14.5 Å². The topological polar surface area (TPSA) is 81.4 Å². The van der Waals surface area contributed by atoms with Crippen LogP contribution in [0.1, 0.15) is 18.7 Å². The Bertz CT molecular complexity index is 627. The van der Waals surface area contributed by atoms with Crippen LogP contribution < -0.4 is 5.32 Å². The number of para-hydroxylation sites is 2. The molecule has 0 spiro atoms. The number of oxazole rings is 1. The number of carbonyl (C=O) groups is 2. The highest BCUT2D eigenvalue weighted by Gasteiger charge is 2.03. The van der Waals surface area contributed by atoms with Gasteiger partial charge in [-0.3, -0.25) is 9.59 Å². The SMILES string of the molecule is COC(=O)CCCNC(=O)/C=C/c1nc2ccccc2o1. The monoisotopic (exact) mass is 288 g/mol. The van der Waals surface area contributed by atoms with Gasteiger partial charge in [0.25, 0.3) is 0 Å². The molecule has 21 heavy (non-hydrogen) atoms. The Labute approximate surface area is 121 Å². The number of rotatable bonds is 6. The Morgan fingerprint density at radius 2 is 2.19 bits per heavy atom. The molecule has 0 saturated heterocycles. The van der Waals surface area contributed by atoms with E-state index < -0.39 is 0 Å². The van der Waals surface area contributed by atoms with E-state index in [0.717, 1.165) is 5.52 Å². The summed E-state index contributed by atoms with van der Waals surface area (Å²) in [5, 5.41) is 2.66. The molecule has 0 saturated carbocycles. The molecule has 1 amide bonds. The summed E-state index contributed by atoms with van der Waals surface area (Å²) in [6, 6.07) is 7.37. The highest BCUT2D eigenvalue weighted by Crippen LogP contribution is 2.15. The lowest BCUT2D eigenvalue weighted by atomic mass is 10.3. The fourth-order valence-electron chi connectivity index (χ4n) is 1.71. The summed E-state index contributed by atoms with van der Waals surface area (Å²) in [5.74, 6) is -0.172. The number of methoxy groups -OCH3 is 1. The number of carbonyl (C=O) groups excluding carboxylic acids is 2. The maximum atomic E-state index is 11.6. The summed E-state index contributed by atoms with van der Waals surface area (Å²) in [7, 11) is 1.34. The molecule has 0 radical (unpaired) electrons. The first-order chi connectivity index (χ1) is 10.2. The van der Waals surface area contributed by atoms with E-state index in [9.17, 15) is 9.59 Å². The highest BCUT2D eigenvalue weighted by atomic mass is 16.5. The second-order valence-corrected chi connectivity index (χ2v) is 4.32. The quantitative estimate of drug-likeness (QED) is 0.499. The van der Waals surface area contributed by atoms with Crippen molar-refractivity contribution in [2.75, 3.05) is 13.7 Å². The number of hydrogen-bond acceptors (Lipinski definition) is 5. The van der Waals surface area contributed by atoms with Crippen LogP contribution in [-0.2, 0) is 14.3 Å². The summed E-state index contributed by atoms with van der Waals surface area (Å²) in [5.41, 5.74) is 1.42. The lowest BCUT2D eigenvalue weighted by Crippen LogP contribution is -2.22. The van der Waals surface area contributed by atoms with Gasteiger partial charge in [0.1, 0.15) is 5.52 Å². The molecule has 2 aromatic rings. The fraction of sp³-hybridized carbons (Fsp3) is 0.267. The van der Waals surface area contributed by atoms with Crippen LogP contribution in [0.3, 0.4) is 0 Å². The van der Waals surface area contributed by atoms with Crippen molar-refractivity contribution in [3.8, 4) is 0 Å². The number of amides is 1. The van der Waals surface area contributed by atoms with E-state index in [1.165, 1.54) is 19.3 Å². The number of hydrogen-bond donors (Lipinski definition) is 1. The van der Waals surface area contributed by atoms with E-state index in [1.807, 2.05) is 24.3 Å². The molecule has 6 heteroatoms. The smallest absolute Gasteiger partial charge is 0.305 e. The van der Waals surface area contributed by atoms with E-state index in [2.05, 4.69) is 15.0 Å². The lowest BCUT2D eigenvalue weighted by Gasteiger charge is -2.00. The van der Waals surface area contributed by atoms with Crippen molar-refractivity contribution in [1.29, 1.82) is 0 Å². The van der Waals surface area contributed by atoms with E-state index in [-0.39, 0.29) is 18.3 Å². The summed E-state index contributed by atoms with van der Waals surface area (Å²) in [6.07, 6.45) is 3.68. The van der Waals surface area contributed by atoms with Gasteiger partial charge in [-0.15, -0.1) is 0 Å². The lowest BCUT2D eigenvalue weighted by molar-refractivity contribution is -0.140. The molecule has 0 aliphatic heterocycles. The average molecular weight is 288 g/mol. The largest absolute Gasteiger partial charge is 0.469 e. The van der Waals surface area contributed by atoms with Gasteiger partial charge in [-0.2, -0.15) is 0 Å². The Kier molecular flexibility index (Phi) is 5.09. The van der Waals surface area contributed by atoms with Gasteiger partial charge in [-0.1, -0.05) is 12.1 Å². The van der Waals surface area contributed by atoms with Gasteiger partial charge in [-0.05, 0) is 18.6 Å². The molecule has 0 unspecified atom stereocenters. The van der Waals surface area contributed by atoms with E-state index in [4.69, 9.17) is 4.42 Å². The number of fused-ring (bicyclic) bond motifs is 1. The Balaban J connectivity index is 1.80. The van der Waals surface area contributed by atoms with Gasteiger partial charge in [0.2, 0.25) is 11.8 Å².